The average Bonchev–Trinajstić information content (AvgIpc) is 3.44. The van der Waals surface area contributed by atoms with Gasteiger partial charge < -0.3 is 20.3 Å². The second-order valence-electron chi connectivity index (χ2n) is 8.26. The molecule has 12 heteroatoms. The first-order chi connectivity index (χ1) is 16.3. The molecule has 1 saturated heterocycles. The Morgan fingerprint density at radius 3 is 2.68 bits per heavy atom. The summed E-state index contributed by atoms with van der Waals surface area (Å²) in [6, 6.07) is 8.90. The van der Waals surface area contributed by atoms with Gasteiger partial charge in [-0.25, -0.2) is 10.1 Å². The minimum Gasteiger partial charge on any atom is -0.371 e. The van der Waals surface area contributed by atoms with E-state index in [2.05, 4.69) is 31.7 Å². The monoisotopic (exact) mass is 549 g/mol. The predicted octanol–water partition coefficient (Wildman–Crippen LogP) is 3.93. The molecule has 0 unspecified atom stereocenters. The number of nitro groups is 1. The quantitative estimate of drug-likeness (QED) is 0.415. The highest BCUT2D eigenvalue weighted by Crippen LogP contribution is 2.33. The van der Waals surface area contributed by atoms with Crippen molar-refractivity contribution in [1.82, 2.24) is 5.32 Å². The maximum Gasteiger partial charge on any atom is 0.262 e. The Bertz CT molecular complexity index is 1140. The van der Waals surface area contributed by atoms with Crippen LogP contribution in [0, 0.1) is 17.0 Å². The summed E-state index contributed by atoms with van der Waals surface area (Å²) in [4.78, 5) is 39.3. The van der Waals surface area contributed by atoms with Crippen LogP contribution in [0.3, 0.4) is 0 Å². The Hall–Kier alpha value is -2.83. The number of rotatable bonds is 6. The first-order valence-electron chi connectivity index (χ1n) is 10.8. The number of aryl methyl sites for hydroxylation is 1. The SMILES string of the molecule is Cc1cc(NC(=O)C2(NC(=O)c3ccc(Br)s3)CCCC2)ccc1N1CCOCC1=N[N+](=O)[O-]. The minimum atomic E-state index is -0.962. The molecule has 2 heterocycles. The average molecular weight is 550 g/mol. The molecule has 2 fully saturated rings. The Labute approximate surface area is 208 Å². The lowest BCUT2D eigenvalue weighted by Crippen LogP contribution is -2.54. The molecule has 180 valence electrons. The van der Waals surface area contributed by atoms with Gasteiger partial charge in [0.2, 0.25) is 11.7 Å². The topological polar surface area (TPSA) is 126 Å². The number of thiophene rings is 1. The third-order valence-corrected chi connectivity index (χ3v) is 7.61. The van der Waals surface area contributed by atoms with Gasteiger partial charge in [0.25, 0.3) is 5.91 Å². The highest BCUT2D eigenvalue weighted by atomic mass is 79.9. The molecule has 2 aliphatic rings. The molecule has 1 aliphatic carbocycles. The molecule has 2 N–H and O–H groups in total. The van der Waals surface area contributed by atoms with E-state index in [0.29, 0.717) is 36.6 Å². The van der Waals surface area contributed by atoms with Crippen molar-refractivity contribution in [2.75, 3.05) is 30.0 Å². The number of carbonyl (C=O) groups is 2. The number of halogens is 1. The number of morpholine rings is 1. The zero-order chi connectivity index (χ0) is 24.3. The van der Waals surface area contributed by atoms with E-state index in [1.165, 1.54) is 11.3 Å². The summed E-state index contributed by atoms with van der Waals surface area (Å²) in [6.45, 7) is 2.79. The number of ether oxygens (including phenoxy) is 1. The van der Waals surface area contributed by atoms with E-state index in [9.17, 15) is 19.7 Å². The fourth-order valence-corrected chi connectivity index (χ4v) is 5.63. The lowest BCUT2D eigenvalue weighted by Gasteiger charge is -2.30. The molecule has 1 aromatic heterocycles. The van der Waals surface area contributed by atoms with Gasteiger partial charge in [-0.3, -0.25) is 9.59 Å². The van der Waals surface area contributed by atoms with Crippen molar-refractivity contribution >= 4 is 56.3 Å². The fourth-order valence-electron chi connectivity index (χ4n) is 4.35. The van der Waals surface area contributed by atoms with E-state index in [0.717, 1.165) is 27.9 Å². The third kappa shape index (κ3) is 5.29. The van der Waals surface area contributed by atoms with E-state index >= 15 is 0 Å². The summed E-state index contributed by atoms with van der Waals surface area (Å²) in [7, 11) is 0. The second kappa shape index (κ2) is 10.2. The molecule has 0 spiro atoms. The summed E-state index contributed by atoms with van der Waals surface area (Å²) < 4.78 is 6.17. The van der Waals surface area contributed by atoms with Crippen molar-refractivity contribution in [3.63, 3.8) is 0 Å². The van der Waals surface area contributed by atoms with Crippen molar-refractivity contribution in [1.29, 1.82) is 0 Å². The number of carbonyl (C=O) groups excluding carboxylic acids is 2. The first kappa shape index (κ1) is 24.3. The van der Waals surface area contributed by atoms with Crippen LogP contribution < -0.4 is 15.5 Å². The molecule has 0 radical (unpaired) electrons. The molecule has 2 aromatic rings. The number of hydrazone groups is 1. The zero-order valence-corrected chi connectivity index (χ0v) is 20.9. The highest BCUT2D eigenvalue weighted by molar-refractivity contribution is 9.11. The van der Waals surface area contributed by atoms with Gasteiger partial charge in [-0.15, -0.1) is 11.3 Å². The summed E-state index contributed by atoms with van der Waals surface area (Å²) >= 11 is 4.69. The molecule has 34 heavy (non-hydrogen) atoms. The molecule has 1 saturated carbocycles. The van der Waals surface area contributed by atoms with Gasteiger partial charge in [-0.05, 0) is 71.6 Å². The van der Waals surface area contributed by atoms with Crippen molar-refractivity contribution in [2.45, 2.75) is 38.1 Å². The van der Waals surface area contributed by atoms with Crippen LogP contribution in [0.25, 0.3) is 0 Å². The van der Waals surface area contributed by atoms with Crippen LogP contribution in [0.5, 0.6) is 0 Å². The molecular weight excluding hydrogens is 526 g/mol. The van der Waals surface area contributed by atoms with Crippen molar-refractivity contribution in [2.24, 2.45) is 5.10 Å². The van der Waals surface area contributed by atoms with Crippen molar-refractivity contribution < 1.29 is 19.4 Å². The number of hydrogen-bond donors (Lipinski definition) is 2. The number of nitrogens with zero attached hydrogens (tertiary/aromatic N) is 3. The molecule has 0 atom stereocenters. The number of benzene rings is 1. The van der Waals surface area contributed by atoms with Gasteiger partial charge in [-0.1, -0.05) is 12.8 Å². The van der Waals surface area contributed by atoms with Gasteiger partial charge >= 0.3 is 0 Å². The van der Waals surface area contributed by atoms with Crippen LogP contribution in [-0.2, 0) is 9.53 Å². The summed E-state index contributed by atoms with van der Waals surface area (Å²) in [5, 5.41) is 19.5. The van der Waals surface area contributed by atoms with Crippen LogP contribution in [0.2, 0.25) is 0 Å². The van der Waals surface area contributed by atoms with E-state index in [4.69, 9.17) is 4.74 Å². The van der Waals surface area contributed by atoms with Crippen LogP contribution in [0.1, 0.15) is 40.9 Å². The van der Waals surface area contributed by atoms with Gasteiger partial charge in [0.1, 0.15) is 12.1 Å². The molecule has 1 aromatic carbocycles. The number of amidine groups is 1. The number of anilines is 2. The van der Waals surface area contributed by atoms with Gasteiger partial charge in [0, 0.05) is 17.9 Å². The van der Waals surface area contributed by atoms with E-state index < -0.39 is 10.6 Å². The van der Waals surface area contributed by atoms with Crippen molar-refractivity contribution in [3.8, 4) is 0 Å². The maximum absolute atomic E-state index is 13.3. The van der Waals surface area contributed by atoms with E-state index in [1.54, 1.807) is 23.1 Å². The Kier molecular flexibility index (Phi) is 7.29. The number of hydrogen-bond acceptors (Lipinski definition) is 6. The number of nitrogens with one attached hydrogen (secondary N) is 2. The van der Waals surface area contributed by atoms with Crippen LogP contribution in [0.15, 0.2) is 39.2 Å². The Morgan fingerprint density at radius 2 is 2.03 bits per heavy atom. The maximum atomic E-state index is 13.3. The predicted molar refractivity (Wildman–Crippen MR) is 133 cm³/mol. The number of amides is 2. The summed E-state index contributed by atoms with van der Waals surface area (Å²) in [5.74, 6) is -0.281. The third-order valence-electron chi connectivity index (χ3n) is 5.99. The van der Waals surface area contributed by atoms with E-state index in [1.807, 2.05) is 19.1 Å². The fraction of sp³-hybridized carbons (Fsp3) is 0.409. The molecule has 4 rings (SSSR count). The molecular formula is C22H24BrN5O5S. The highest BCUT2D eigenvalue weighted by Gasteiger charge is 2.43. The zero-order valence-electron chi connectivity index (χ0n) is 18.5. The summed E-state index contributed by atoms with van der Waals surface area (Å²) in [5.41, 5.74) is 1.21. The smallest absolute Gasteiger partial charge is 0.262 e. The van der Waals surface area contributed by atoms with Crippen molar-refractivity contribution in [3.05, 3.63) is 54.7 Å². The molecule has 0 bridgehead atoms. The lowest BCUT2D eigenvalue weighted by atomic mass is 9.95. The Balaban J connectivity index is 1.51. The minimum absolute atomic E-state index is 0.0575. The normalized spacial score (nSPS) is 18.6. The molecule has 1 aliphatic heterocycles. The Morgan fingerprint density at radius 1 is 1.26 bits per heavy atom. The molecule has 2 amide bonds. The summed E-state index contributed by atoms with van der Waals surface area (Å²) in [6.07, 6.45) is 2.86. The first-order valence-corrected chi connectivity index (χ1v) is 12.5. The van der Waals surface area contributed by atoms with Crippen LogP contribution in [-0.4, -0.2) is 48.0 Å². The van der Waals surface area contributed by atoms with Gasteiger partial charge in [0.15, 0.2) is 5.03 Å². The molecule has 10 nitrogen and oxygen atoms in total. The standard InChI is InChI=1S/C22H24BrN5O5S/c1-14-12-15(4-5-16(14)27-10-11-33-13-19(27)26-28(31)32)24-21(30)22(8-2-3-9-22)25-20(29)17-6-7-18(23)34-17/h4-7,12H,2-3,8-11,13H2,1H3,(H,24,30)(H,25,29). The lowest BCUT2D eigenvalue weighted by molar-refractivity contribution is -0.485. The van der Waals surface area contributed by atoms with Gasteiger partial charge in [0.05, 0.1) is 20.4 Å². The largest absolute Gasteiger partial charge is 0.371 e. The second-order valence-corrected chi connectivity index (χ2v) is 10.7. The van der Waals surface area contributed by atoms with E-state index in [-0.39, 0.29) is 24.3 Å². The van der Waals surface area contributed by atoms with Crippen LogP contribution >= 0.6 is 27.3 Å². The van der Waals surface area contributed by atoms with Gasteiger partial charge in [-0.2, -0.15) is 0 Å². The van der Waals surface area contributed by atoms with Crippen LogP contribution in [0.4, 0.5) is 11.4 Å².